The smallest absolute Gasteiger partial charge is 0.0587 e. The van der Waals surface area contributed by atoms with Crippen molar-refractivity contribution in [3.63, 3.8) is 0 Å². The number of methoxy groups -OCH3 is 1. The van der Waals surface area contributed by atoms with Gasteiger partial charge in [0.25, 0.3) is 0 Å². The molecule has 1 heterocycles. The molecule has 0 unspecified atom stereocenters. The molecule has 0 aliphatic rings. The highest BCUT2D eigenvalue weighted by Crippen LogP contribution is 2.22. The fraction of sp³-hybridized carbons (Fsp3) is 0.556. The molecule has 2 aromatic rings. The molecule has 3 nitrogen and oxygen atoms in total. The predicted octanol–water partition coefficient (Wildman–Crippen LogP) is 3.47. The lowest BCUT2D eigenvalue weighted by molar-refractivity contribution is 0.199. The molecule has 1 aromatic heterocycles. The van der Waals surface area contributed by atoms with E-state index in [0.29, 0.717) is 0 Å². The fourth-order valence-corrected chi connectivity index (χ4v) is 2.63. The number of rotatable bonds is 9. The highest BCUT2D eigenvalue weighted by molar-refractivity contribution is 5.84. The molecule has 1 aromatic carbocycles. The van der Waals surface area contributed by atoms with E-state index in [0.717, 1.165) is 38.6 Å². The normalized spacial score (nSPS) is 11.6. The Hall–Kier alpha value is -1.32. The van der Waals surface area contributed by atoms with Crippen LogP contribution >= 0.6 is 0 Å². The molecule has 2 rings (SSSR count). The summed E-state index contributed by atoms with van der Waals surface area (Å²) in [6, 6.07) is 8.75. The van der Waals surface area contributed by atoms with E-state index in [-0.39, 0.29) is 0 Å². The van der Waals surface area contributed by atoms with Crippen molar-refractivity contribution < 1.29 is 4.74 Å². The molecule has 1 N–H and O–H groups in total. The lowest BCUT2D eigenvalue weighted by atomic mass is 10.1. The SMILES string of the molecule is COCCNCCc1cn(CCC(C)C)c2ccccc12. The van der Waals surface area contributed by atoms with Gasteiger partial charge in [0.05, 0.1) is 6.61 Å². The Labute approximate surface area is 128 Å². The number of benzene rings is 1. The molecule has 0 atom stereocenters. The molecule has 0 radical (unpaired) electrons. The lowest BCUT2D eigenvalue weighted by Crippen LogP contribution is -2.21. The van der Waals surface area contributed by atoms with Gasteiger partial charge in [-0.2, -0.15) is 0 Å². The average molecular weight is 288 g/mol. The van der Waals surface area contributed by atoms with E-state index < -0.39 is 0 Å². The van der Waals surface area contributed by atoms with Crippen LogP contribution in [0.3, 0.4) is 0 Å². The maximum absolute atomic E-state index is 5.06. The number of nitrogens with zero attached hydrogens (tertiary/aromatic N) is 1. The summed E-state index contributed by atoms with van der Waals surface area (Å²) < 4.78 is 7.47. The minimum atomic E-state index is 0.741. The Balaban J connectivity index is 2.04. The number of hydrogen-bond donors (Lipinski definition) is 1. The monoisotopic (exact) mass is 288 g/mol. The lowest BCUT2D eigenvalue weighted by Gasteiger charge is -2.07. The van der Waals surface area contributed by atoms with E-state index in [2.05, 4.69) is 54.2 Å². The number of aromatic nitrogens is 1. The number of aryl methyl sites for hydroxylation is 1. The van der Waals surface area contributed by atoms with Crippen LogP contribution in [0.2, 0.25) is 0 Å². The second-order valence-corrected chi connectivity index (χ2v) is 6.04. The van der Waals surface area contributed by atoms with Crippen molar-refractivity contribution in [2.75, 3.05) is 26.8 Å². The van der Waals surface area contributed by atoms with Crippen molar-refractivity contribution in [3.8, 4) is 0 Å². The third kappa shape index (κ3) is 4.58. The predicted molar refractivity (Wildman–Crippen MR) is 89.8 cm³/mol. The summed E-state index contributed by atoms with van der Waals surface area (Å²) in [4.78, 5) is 0. The average Bonchev–Trinajstić information content (AvgIpc) is 2.83. The van der Waals surface area contributed by atoms with E-state index in [1.54, 1.807) is 7.11 Å². The van der Waals surface area contributed by atoms with Crippen molar-refractivity contribution in [1.29, 1.82) is 0 Å². The van der Waals surface area contributed by atoms with E-state index in [4.69, 9.17) is 4.74 Å². The van der Waals surface area contributed by atoms with Crippen LogP contribution in [0.25, 0.3) is 10.9 Å². The first kappa shape index (κ1) is 16.1. The summed E-state index contributed by atoms with van der Waals surface area (Å²) in [6.45, 7) is 8.37. The molecule has 0 aliphatic carbocycles. The minimum Gasteiger partial charge on any atom is -0.383 e. The van der Waals surface area contributed by atoms with Crippen LogP contribution in [-0.4, -0.2) is 31.4 Å². The maximum Gasteiger partial charge on any atom is 0.0587 e. The summed E-state index contributed by atoms with van der Waals surface area (Å²) in [5.74, 6) is 0.741. The van der Waals surface area contributed by atoms with Crippen LogP contribution in [0.15, 0.2) is 30.5 Å². The van der Waals surface area contributed by atoms with E-state index in [1.807, 2.05) is 0 Å². The number of para-hydroxylation sites is 1. The number of nitrogens with one attached hydrogen (secondary N) is 1. The molecule has 0 aliphatic heterocycles. The van der Waals surface area contributed by atoms with Gasteiger partial charge in [0.2, 0.25) is 0 Å². The summed E-state index contributed by atoms with van der Waals surface area (Å²) in [6.07, 6.45) is 4.63. The molecule has 0 saturated heterocycles. The Morgan fingerprint density at radius 2 is 2.00 bits per heavy atom. The first-order chi connectivity index (χ1) is 10.2. The molecule has 0 saturated carbocycles. The third-order valence-electron chi connectivity index (χ3n) is 3.87. The van der Waals surface area contributed by atoms with Gasteiger partial charge in [0.15, 0.2) is 0 Å². The van der Waals surface area contributed by atoms with E-state index >= 15 is 0 Å². The number of ether oxygens (including phenoxy) is 1. The maximum atomic E-state index is 5.06. The zero-order chi connectivity index (χ0) is 15.1. The van der Waals surface area contributed by atoms with Crippen molar-refractivity contribution >= 4 is 10.9 Å². The van der Waals surface area contributed by atoms with Crippen molar-refractivity contribution in [1.82, 2.24) is 9.88 Å². The topological polar surface area (TPSA) is 26.2 Å². The standard InChI is InChI=1S/C18H28N2O/c1-15(2)9-12-20-14-16(8-10-19-11-13-21-3)17-6-4-5-7-18(17)20/h4-7,14-15,19H,8-13H2,1-3H3. The second-order valence-electron chi connectivity index (χ2n) is 6.04. The van der Waals surface area contributed by atoms with Crippen molar-refractivity contribution in [2.24, 2.45) is 5.92 Å². The minimum absolute atomic E-state index is 0.741. The zero-order valence-electron chi connectivity index (χ0n) is 13.6. The Kier molecular flexibility index (Phi) is 6.27. The molecular weight excluding hydrogens is 260 g/mol. The largest absolute Gasteiger partial charge is 0.383 e. The fourth-order valence-electron chi connectivity index (χ4n) is 2.63. The third-order valence-corrected chi connectivity index (χ3v) is 3.87. The summed E-state index contributed by atoms with van der Waals surface area (Å²) in [5, 5.41) is 4.82. The number of hydrogen-bond acceptors (Lipinski definition) is 2. The molecule has 0 fully saturated rings. The summed E-state index contributed by atoms with van der Waals surface area (Å²) in [5.41, 5.74) is 2.81. The molecule has 0 spiro atoms. The van der Waals surface area contributed by atoms with Gasteiger partial charge in [-0.1, -0.05) is 32.0 Å². The zero-order valence-corrected chi connectivity index (χ0v) is 13.6. The Morgan fingerprint density at radius 1 is 1.19 bits per heavy atom. The second kappa shape index (κ2) is 8.20. The van der Waals surface area contributed by atoms with Gasteiger partial charge < -0.3 is 14.6 Å². The van der Waals surface area contributed by atoms with Gasteiger partial charge in [-0.15, -0.1) is 0 Å². The molecule has 116 valence electrons. The van der Waals surface area contributed by atoms with Gasteiger partial charge >= 0.3 is 0 Å². The summed E-state index contributed by atoms with van der Waals surface area (Å²) >= 11 is 0. The number of fused-ring (bicyclic) bond motifs is 1. The molecular formula is C18H28N2O. The van der Waals surface area contributed by atoms with Crippen LogP contribution in [0.1, 0.15) is 25.8 Å². The van der Waals surface area contributed by atoms with E-state index in [1.165, 1.54) is 22.9 Å². The van der Waals surface area contributed by atoms with Gasteiger partial charge in [0.1, 0.15) is 0 Å². The van der Waals surface area contributed by atoms with Gasteiger partial charge in [-0.3, -0.25) is 0 Å². The summed E-state index contributed by atoms with van der Waals surface area (Å²) in [7, 11) is 1.74. The van der Waals surface area contributed by atoms with Crippen LogP contribution in [0, 0.1) is 5.92 Å². The molecule has 0 amide bonds. The molecule has 3 heteroatoms. The Bertz CT molecular complexity index is 545. The first-order valence-electron chi connectivity index (χ1n) is 7.98. The van der Waals surface area contributed by atoms with Gasteiger partial charge in [-0.25, -0.2) is 0 Å². The van der Waals surface area contributed by atoms with Crippen LogP contribution in [-0.2, 0) is 17.7 Å². The van der Waals surface area contributed by atoms with Gasteiger partial charge in [-0.05, 0) is 36.9 Å². The quantitative estimate of drug-likeness (QED) is 0.715. The van der Waals surface area contributed by atoms with E-state index in [9.17, 15) is 0 Å². The van der Waals surface area contributed by atoms with Crippen LogP contribution in [0.5, 0.6) is 0 Å². The molecule has 0 bridgehead atoms. The highest BCUT2D eigenvalue weighted by atomic mass is 16.5. The van der Waals surface area contributed by atoms with Crippen LogP contribution in [0.4, 0.5) is 0 Å². The first-order valence-corrected chi connectivity index (χ1v) is 7.98. The highest BCUT2D eigenvalue weighted by Gasteiger charge is 2.08. The molecule has 21 heavy (non-hydrogen) atoms. The van der Waals surface area contributed by atoms with Crippen molar-refractivity contribution in [2.45, 2.75) is 33.2 Å². The van der Waals surface area contributed by atoms with Gasteiger partial charge in [0, 0.05) is 37.3 Å². The van der Waals surface area contributed by atoms with Crippen molar-refractivity contribution in [3.05, 3.63) is 36.0 Å². The van der Waals surface area contributed by atoms with Crippen LogP contribution < -0.4 is 5.32 Å². The Morgan fingerprint density at radius 3 is 2.76 bits per heavy atom.